The molecule has 1 aromatic carbocycles. The third-order valence-electron chi connectivity index (χ3n) is 2.95. The van der Waals surface area contributed by atoms with Crippen LogP contribution < -0.4 is 5.73 Å². The summed E-state index contributed by atoms with van der Waals surface area (Å²) in [5, 5.41) is 0. The zero-order chi connectivity index (χ0) is 12.9. The van der Waals surface area contributed by atoms with Crippen molar-refractivity contribution < 1.29 is 9.53 Å². The summed E-state index contributed by atoms with van der Waals surface area (Å²) in [5.74, 6) is -0.502. The van der Waals surface area contributed by atoms with Crippen molar-refractivity contribution in [3.63, 3.8) is 0 Å². The van der Waals surface area contributed by atoms with Gasteiger partial charge in [-0.15, -0.1) is 0 Å². The second-order valence-electron chi connectivity index (χ2n) is 4.33. The van der Waals surface area contributed by atoms with E-state index in [4.69, 9.17) is 10.5 Å². The smallest absolute Gasteiger partial charge is 0.326 e. The number of nitrogens with two attached hydrogens (primary N) is 1. The van der Waals surface area contributed by atoms with Crippen LogP contribution in [0.2, 0.25) is 0 Å². The summed E-state index contributed by atoms with van der Waals surface area (Å²) in [4.78, 5) is 11.5. The predicted octanol–water partition coefficient (Wildman–Crippen LogP) is 2.23. The average Bonchev–Trinajstić information content (AvgIpc) is 2.35. The van der Waals surface area contributed by atoms with E-state index >= 15 is 0 Å². The Bertz CT molecular complexity index is 396. The first-order chi connectivity index (χ1) is 7.98. The van der Waals surface area contributed by atoms with E-state index in [2.05, 4.69) is 0 Å². The highest BCUT2D eigenvalue weighted by atomic mass is 16.5. The molecule has 17 heavy (non-hydrogen) atoms. The largest absolute Gasteiger partial charge is 0.468 e. The fraction of sp³-hybridized carbons (Fsp3) is 0.357. The Morgan fingerprint density at radius 3 is 2.53 bits per heavy atom. The first kappa shape index (κ1) is 13.5. The summed E-state index contributed by atoms with van der Waals surface area (Å²) >= 11 is 0. The third-order valence-corrected chi connectivity index (χ3v) is 2.95. The van der Waals surface area contributed by atoms with Crippen LogP contribution in [0.5, 0.6) is 0 Å². The van der Waals surface area contributed by atoms with Gasteiger partial charge >= 0.3 is 5.97 Å². The maximum Gasteiger partial charge on any atom is 0.326 e. The average molecular weight is 233 g/mol. The van der Waals surface area contributed by atoms with Crippen LogP contribution in [0.4, 0.5) is 0 Å². The highest BCUT2D eigenvalue weighted by Gasteiger charge is 2.34. The predicted molar refractivity (Wildman–Crippen MR) is 69.2 cm³/mol. The Hall–Kier alpha value is -1.61. The molecule has 0 heterocycles. The van der Waals surface area contributed by atoms with Gasteiger partial charge in [-0.05, 0) is 12.5 Å². The molecule has 0 saturated heterocycles. The molecule has 1 aromatic rings. The van der Waals surface area contributed by atoms with E-state index in [0.717, 1.165) is 5.56 Å². The Morgan fingerprint density at radius 1 is 1.41 bits per heavy atom. The van der Waals surface area contributed by atoms with Crippen LogP contribution in [0, 0.1) is 5.92 Å². The van der Waals surface area contributed by atoms with Gasteiger partial charge < -0.3 is 10.5 Å². The van der Waals surface area contributed by atoms with Gasteiger partial charge in [0.1, 0.15) is 5.54 Å². The molecule has 0 aliphatic rings. The lowest BCUT2D eigenvalue weighted by molar-refractivity contribution is -0.147. The van der Waals surface area contributed by atoms with Crippen molar-refractivity contribution in [1.29, 1.82) is 0 Å². The van der Waals surface area contributed by atoms with Gasteiger partial charge in [-0.1, -0.05) is 49.4 Å². The Kier molecular flexibility index (Phi) is 4.46. The molecule has 3 heteroatoms. The fourth-order valence-electron chi connectivity index (χ4n) is 1.43. The van der Waals surface area contributed by atoms with Gasteiger partial charge in [0.2, 0.25) is 0 Å². The van der Waals surface area contributed by atoms with Gasteiger partial charge in [0, 0.05) is 5.92 Å². The molecule has 2 N–H and O–H groups in total. The highest BCUT2D eigenvalue weighted by molar-refractivity contribution is 5.80. The van der Waals surface area contributed by atoms with Crippen molar-refractivity contribution >= 4 is 12.0 Å². The van der Waals surface area contributed by atoms with Crippen LogP contribution in [0.25, 0.3) is 6.08 Å². The Balaban J connectivity index is 2.75. The molecule has 1 rings (SSSR count). The Morgan fingerprint density at radius 2 is 2.00 bits per heavy atom. The zero-order valence-corrected chi connectivity index (χ0v) is 10.5. The first-order valence-corrected chi connectivity index (χ1v) is 5.59. The SMILES string of the molecule is COC(=O)[C@](C)(N)[C@@H](C)/C=C/c1ccccc1. The maximum atomic E-state index is 11.5. The van der Waals surface area contributed by atoms with Crippen LogP contribution in [-0.2, 0) is 9.53 Å². The second-order valence-corrected chi connectivity index (χ2v) is 4.33. The molecule has 0 aliphatic carbocycles. The lowest BCUT2D eigenvalue weighted by atomic mass is 9.87. The highest BCUT2D eigenvalue weighted by Crippen LogP contribution is 2.18. The topological polar surface area (TPSA) is 52.3 Å². The minimum absolute atomic E-state index is 0.102. The second kappa shape index (κ2) is 5.64. The third kappa shape index (κ3) is 3.43. The number of benzene rings is 1. The molecule has 92 valence electrons. The molecule has 0 radical (unpaired) electrons. The fourth-order valence-corrected chi connectivity index (χ4v) is 1.43. The minimum atomic E-state index is -1.000. The van der Waals surface area contributed by atoms with Gasteiger partial charge in [-0.25, -0.2) is 0 Å². The summed E-state index contributed by atoms with van der Waals surface area (Å²) in [7, 11) is 1.35. The summed E-state index contributed by atoms with van der Waals surface area (Å²) in [6.45, 7) is 3.58. The number of hydrogen-bond donors (Lipinski definition) is 1. The first-order valence-electron chi connectivity index (χ1n) is 5.59. The number of carbonyl (C=O) groups excluding carboxylic acids is 1. The lowest BCUT2D eigenvalue weighted by Crippen LogP contribution is -2.50. The maximum absolute atomic E-state index is 11.5. The van der Waals surface area contributed by atoms with Gasteiger partial charge in [-0.3, -0.25) is 4.79 Å². The molecule has 0 fully saturated rings. The number of hydrogen-bond acceptors (Lipinski definition) is 3. The normalized spacial score (nSPS) is 16.5. The monoisotopic (exact) mass is 233 g/mol. The van der Waals surface area contributed by atoms with E-state index in [-0.39, 0.29) is 5.92 Å². The summed E-state index contributed by atoms with van der Waals surface area (Å²) in [5.41, 5.74) is 6.04. The molecule has 0 spiro atoms. The van der Waals surface area contributed by atoms with Gasteiger partial charge in [-0.2, -0.15) is 0 Å². The van der Waals surface area contributed by atoms with Crippen molar-refractivity contribution in [3.8, 4) is 0 Å². The van der Waals surface area contributed by atoms with Crippen molar-refractivity contribution in [2.24, 2.45) is 11.7 Å². The van der Waals surface area contributed by atoms with Crippen LogP contribution in [0.15, 0.2) is 36.4 Å². The van der Waals surface area contributed by atoms with Crippen molar-refractivity contribution in [2.75, 3.05) is 7.11 Å². The van der Waals surface area contributed by atoms with Crippen LogP contribution in [0.1, 0.15) is 19.4 Å². The van der Waals surface area contributed by atoms with Gasteiger partial charge in [0.25, 0.3) is 0 Å². The molecule has 0 bridgehead atoms. The van der Waals surface area contributed by atoms with E-state index in [1.807, 2.05) is 49.4 Å². The van der Waals surface area contributed by atoms with Gasteiger partial charge in [0.05, 0.1) is 7.11 Å². The lowest BCUT2D eigenvalue weighted by Gasteiger charge is -2.26. The number of methoxy groups -OCH3 is 1. The van der Waals surface area contributed by atoms with E-state index in [9.17, 15) is 4.79 Å². The molecule has 2 atom stereocenters. The quantitative estimate of drug-likeness (QED) is 0.811. The van der Waals surface area contributed by atoms with Crippen LogP contribution >= 0.6 is 0 Å². The number of ether oxygens (including phenoxy) is 1. The molecule has 3 nitrogen and oxygen atoms in total. The van der Waals surface area contributed by atoms with Crippen LogP contribution in [-0.4, -0.2) is 18.6 Å². The van der Waals surface area contributed by atoms with Crippen molar-refractivity contribution in [1.82, 2.24) is 0 Å². The van der Waals surface area contributed by atoms with E-state index in [1.54, 1.807) is 6.92 Å². The van der Waals surface area contributed by atoms with Crippen molar-refractivity contribution in [2.45, 2.75) is 19.4 Å². The summed E-state index contributed by atoms with van der Waals surface area (Å²) in [6.07, 6.45) is 3.88. The molecule has 0 unspecified atom stereocenters. The van der Waals surface area contributed by atoms with Gasteiger partial charge in [0.15, 0.2) is 0 Å². The Labute approximate surface area is 102 Å². The molecular weight excluding hydrogens is 214 g/mol. The minimum Gasteiger partial charge on any atom is -0.468 e. The summed E-state index contributed by atoms with van der Waals surface area (Å²) < 4.78 is 4.69. The molecule has 0 saturated carbocycles. The number of esters is 1. The molecule has 0 aliphatic heterocycles. The van der Waals surface area contributed by atoms with E-state index in [0.29, 0.717) is 0 Å². The van der Waals surface area contributed by atoms with E-state index < -0.39 is 11.5 Å². The molecule has 0 aromatic heterocycles. The summed E-state index contributed by atoms with van der Waals surface area (Å²) in [6, 6.07) is 9.88. The van der Waals surface area contributed by atoms with Crippen LogP contribution in [0.3, 0.4) is 0 Å². The number of rotatable bonds is 4. The zero-order valence-electron chi connectivity index (χ0n) is 10.5. The standard InChI is InChI=1S/C14H19NO2/c1-11(14(2,15)13(16)17-3)9-10-12-7-5-4-6-8-12/h4-11H,15H2,1-3H3/b10-9+/t11-,14+/m0/s1. The molecule has 0 amide bonds. The van der Waals surface area contributed by atoms with E-state index in [1.165, 1.54) is 7.11 Å². The van der Waals surface area contributed by atoms with Crippen molar-refractivity contribution in [3.05, 3.63) is 42.0 Å². The number of carbonyl (C=O) groups is 1. The molecular formula is C14H19NO2.